The largest absolute Gasteiger partial charge is 0.302 e. The summed E-state index contributed by atoms with van der Waals surface area (Å²) in [5, 5.41) is 0. The van der Waals surface area contributed by atoms with Crippen molar-refractivity contribution >= 4 is 26.6 Å². The van der Waals surface area contributed by atoms with Crippen molar-refractivity contribution in [1.29, 1.82) is 0 Å². The highest BCUT2D eigenvalue weighted by atomic mass is 32.2. The molecule has 0 N–H and O–H groups in total. The van der Waals surface area contributed by atoms with E-state index >= 15 is 0 Å². The van der Waals surface area contributed by atoms with E-state index < -0.39 is 10.0 Å². The van der Waals surface area contributed by atoms with E-state index in [1.54, 1.807) is 42.9 Å². The van der Waals surface area contributed by atoms with Crippen molar-refractivity contribution in [3.8, 4) is 0 Å². The molecule has 0 radical (unpaired) electrons. The van der Waals surface area contributed by atoms with E-state index in [0.29, 0.717) is 11.0 Å². The lowest BCUT2D eigenvalue weighted by molar-refractivity contribution is 0.370. The van der Waals surface area contributed by atoms with Gasteiger partial charge in [0.1, 0.15) is 4.90 Å². The van der Waals surface area contributed by atoms with Gasteiger partial charge in [-0.1, -0.05) is 6.08 Å². The summed E-state index contributed by atoms with van der Waals surface area (Å²) in [7, 11) is -1.65. The molecule has 0 atom stereocenters. The Morgan fingerprint density at radius 3 is 2.72 bits per heavy atom. The fourth-order valence-corrected chi connectivity index (χ4v) is 4.41. The Morgan fingerprint density at radius 2 is 2.00 bits per heavy atom. The van der Waals surface area contributed by atoms with Crippen molar-refractivity contribution in [3.63, 3.8) is 0 Å². The first-order valence-electron chi connectivity index (χ1n) is 8.07. The number of nitrogens with zero attached hydrogens (tertiary/aromatic N) is 4. The Kier molecular flexibility index (Phi) is 3.89. The number of aromatic nitrogens is 3. The normalized spacial score (nSPS) is 16.1. The lowest BCUT2D eigenvalue weighted by atomic mass is 10.0. The Morgan fingerprint density at radius 1 is 1.16 bits per heavy atom. The van der Waals surface area contributed by atoms with E-state index in [4.69, 9.17) is 0 Å². The molecular formula is C18H18N4O2S. The summed E-state index contributed by atoms with van der Waals surface area (Å²) in [5.74, 6) is 0. The summed E-state index contributed by atoms with van der Waals surface area (Å²) in [6.45, 7) is 1.80. The molecule has 0 aliphatic carbocycles. The zero-order valence-corrected chi connectivity index (χ0v) is 14.6. The van der Waals surface area contributed by atoms with Crippen LogP contribution >= 0.6 is 0 Å². The van der Waals surface area contributed by atoms with Crippen molar-refractivity contribution in [1.82, 2.24) is 18.8 Å². The van der Waals surface area contributed by atoms with Crippen LogP contribution in [0.2, 0.25) is 0 Å². The topological polar surface area (TPSA) is 68.1 Å². The monoisotopic (exact) mass is 354 g/mol. The van der Waals surface area contributed by atoms with E-state index in [9.17, 15) is 8.42 Å². The molecule has 4 heterocycles. The van der Waals surface area contributed by atoms with E-state index in [-0.39, 0.29) is 4.90 Å². The molecule has 25 heavy (non-hydrogen) atoms. The molecule has 6 nitrogen and oxygen atoms in total. The smallest absolute Gasteiger partial charge is 0.269 e. The predicted octanol–water partition coefficient (Wildman–Crippen LogP) is 2.39. The molecule has 1 aliphatic rings. The average molecular weight is 354 g/mol. The fourth-order valence-electron chi connectivity index (χ4n) is 3.09. The summed E-state index contributed by atoms with van der Waals surface area (Å²) in [4.78, 5) is 10.8. The number of hydrogen-bond acceptors (Lipinski definition) is 5. The Hall–Kier alpha value is -2.51. The highest BCUT2D eigenvalue weighted by Gasteiger charge is 2.23. The zero-order chi connectivity index (χ0) is 17.4. The van der Waals surface area contributed by atoms with Gasteiger partial charge in [-0.3, -0.25) is 9.97 Å². The molecule has 0 amide bonds. The van der Waals surface area contributed by atoms with Gasteiger partial charge in [-0.25, -0.2) is 12.4 Å². The van der Waals surface area contributed by atoms with Crippen LogP contribution < -0.4 is 0 Å². The van der Waals surface area contributed by atoms with E-state index in [2.05, 4.69) is 28.0 Å². The summed E-state index contributed by atoms with van der Waals surface area (Å²) in [5.41, 5.74) is 3.32. The number of likely N-dealkylation sites (N-methyl/N-ethyl adjacent to an activating group) is 1. The number of rotatable bonds is 3. The molecule has 0 bridgehead atoms. The molecule has 7 heteroatoms. The van der Waals surface area contributed by atoms with Gasteiger partial charge in [-0.05, 0) is 43.3 Å². The number of fused-ring (bicyclic) bond motifs is 1. The van der Waals surface area contributed by atoms with E-state index in [1.807, 2.05) is 0 Å². The minimum absolute atomic E-state index is 0.166. The lowest BCUT2D eigenvalue weighted by Gasteiger charge is -2.21. The van der Waals surface area contributed by atoms with Crippen LogP contribution in [-0.4, -0.2) is 47.4 Å². The molecule has 3 aromatic heterocycles. The third kappa shape index (κ3) is 2.75. The van der Waals surface area contributed by atoms with E-state index in [0.717, 1.165) is 30.6 Å². The van der Waals surface area contributed by atoms with Crippen molar-refractivity contribution < 1.29 is 8.42 Å². The Bertz CT molecular complexity index is 1060. The molecular weight excluding hydrogens is 336 g/mol. The van der Waals surface area contributed by atoms with Gasteiger partial charge < -0.3 is 4.90 Å². The first-order chi connectivity index (χ1) is 12.1. The van der Waals surface area contributed by atoms with Gasteiger partial charge in [0, 0.05) is 43.4 Å². The summed E-state index contributed by atoms with van der Waals surface area (Å²) >= 11 is 0. The zero-order valence-electron chi connectivity index (χ0n) is 13.8. The minimum Gasteiger partial charge on any atom is -0.302 e. The molecule has 0 saturated carbocycles. The highest BCUT2D eigenvalue weighted by Crippen LogP contribution is 2.31. The fraction of sp³-hybridized carbons (Fsp3) is 0.222. The lowest BCUT2D eigenvalue weighted by Crippen LogP contribution is -2.23. The highest BCUT2D eigenvalue weighted by molar-refractivity contribution is 7.90. The van der Waals surface area contributed by atoms with Crippen molar-refractivity contribution in [3.05, 3.63) is 60.7 Å². The maximum atomic E-state index is 13.1. The van der Waals surface area contributed by atoms with Crippen LogP contribution in [0, 0.1) is 0 Å². The predicted molar refractivity (Wildman–Crippen MR) is 96.6 cm³/mol. The van der Waals surface area contributed by atoms with Crippen LogP contribution in [0.15, 0.2) is 60.0 Å². The second-order valence-corrected chi connectivity index (χ2v) is 7.96. The molecule has 128 valence electrons. The van der Waals surface area contributed by atoms with Crippen LogP contribution in [0.25, 0.3) is 16.6 Å². The first kappa shape index (κ1) is 16.0. The van der Waals surface area contributed by atoms with Gasteiger partial charge in [0.2, 0.25) is 0 Å². The second-order valence-electron chi connectivity index (χ2n) is 6.15. The molecule has 1 aliphatic heterocycles. The Balaban J connectivity index is 1.92. The maximum Gasteiger partial charge on any atom is 0.269 e. The minimum atomic E-state index is -3.72. The third-order valence-electron chi connectivity index (χ3n) is 4.47. The van der Waals surface area contributed by atoms with Crippen LogP contribution in [0.1, 0.15) is 12.0 Å². The van der Waals surface area contributed by atoms with Crippen molar-refractivity contribution in [2.24, 2.45) is 0 Å². The van der Waals surface area contributed by atoms with Crippen LogP contribution in [0.3, 0.4) is 0 Å². The molecule has 0 saturated heterocycles. The van der Waals surface area contributed by atoms with Gasteiger partial charge >= 0.3 is 0 Å². The molecule has 0 aromatic carbocycles. The summed E-state index contributed by atoms with van der Waals surface area (Å²) in [6, 6.07) is 6.72. The van der Waals surface area contributed by atoms with E-state index in [1.165, 1.54) is 10.2 Å². The molecule has 4 rings (SSSR count). The average Bonchev–Trinajstić information content (AvgIpc) is 3.04. The standard InChI is InChI=1S/C18H18N4O2S/c1-21-10-6-14(7-11-21)16-13-22(17-5-3-9-20-18(16)17)25(23,24)15-4-2-8-19-12-15/h2-6,8-9,12-13H,7,10-11H2,1H3. The quantitative estimate of drug-likeness (QED) is 0.722. The maximum absolute atomic E-state index is 13.1. The Labute approximate surface area is 146 Å². The van der Waals surface area contributed by atoms with Crippen molar-refractivity contribution in [2.75, 3.05) is 20.1 Å². The van der Waals surface area contributed by atoms with Crippen LogP contribution in [0.4, 0.5) is 0 Å². The van der Waals surface area contributed by atoms with Gasteiger partial charge in [-0.2, -0.15) is 0 Å². The molecule has 3 aromatic rings. The number of pyridine rings is 2. The summed E-state index contributed by atoms with van der Waals surface area (Å²) in [6.07, 6.45) is 9.34. The SMILES string of the molecule is CN1CC=C(c2cn(S(=O)(=O)c3cccnc3)c3cccnc23)CC1. The summed E-state index contributed by atoms with van der Waals surface area (Å²) < 4.78 is 27.4. The molecule has 0 fully saturated rings. The molecule has 0 spiro atoms. The van der Waals surface area contributed by atoms with Crippen LogP contribution in [0.5, 0.6) is 0 Å². The first-order valence-corrected chi connectivity index (χ1v) is 9.51. The van der Waals surface area contributed by atoms with Crippen LogP contribution in [-0.2, 0) is 10.0 Å². The van der Waals surface area contributed by atoms with Gasteiger partial charge in [0.25, 0.3) is 10.0 Å². The number of hydrogen-bond donors (Lipinski definition) is 0. The van der Waals surface area contributed by atoms with Crippen molar-refractivity contribution in [2.45, 2.75) is 11.3 Å². The third-order valence-corrected chi connectivity index (χ3v) is 6.13. The molecule has 0 unspecified atom stereocenters. The second kappa shape index (κ2) is 6.09. The van der Waals surface area contributed by atoms with Gasteiger partial charge in [0.05, 0.1) is 11.0 Å². The van der Waals surface area contributed by atoms with Gasteiger partial charge in [0.15, 0.2) is 0 Å². The van der Waals surface area contributed by atoms with Gasteiger partial charge in [-0.15, -0.1) is 0 Å².